The number of carbonyl (C=O) groups is 2. The van der Waals surface area contributed by atoms with E-state index < -0.39 is 5.97 Å². The third kappa shape index (κ3) is 4.31. The Morgan fingerprint density at radius 3 is 2.60 bits per heavy atom. The van der Waals surface area contributed by atoms with Crippen molar-refractivity contribution in [1.82, 2.24) is 9.55 Å². The van der Waals surface area contributed by atoms with Gasteiger partial charge < -0.3 is 19.7 Å². The van der Waals surface area contributed by atoms with E-state index in [1.54, 1.807) is 4.90 Å². The molecule has 1 amide bonds. The van der Waals surface area contributed by atoms with Crippen molar-refractivity contribution in [3.8, 4) is 0 Å². The van der Waals surface area contributed by atoms with Crippen LogP contribution in [0.25, 0.3) is 11.0 Å². The number of halogens is 1. The average Bonchev–Trinajstić information content (AvgIpc) is 3.21. The minimum atomic E-state index is -0.720. The summed E-state index contributed by atoms with van der Waals surface area (Å²) in [5.74, 6) is -0.326. The number of benzene rings is 2. The van der Waals surface area contributed by atoms with Crippen molar-refractivity contribution in [1.29, 1.82) is 0 Å². The lowest BCUT2D eigenvalue weighted by molar-refractivity contribution is -0.143. The quantitative estimate of drug-likeness (QED) is 0.449. The molecule has 8 nitrogen and oxygen atoms in total. The van der Waals surface area contributed by atoms with E-state index in [2.05, 4.69) is 9.88 Å². The van der Waals surface area contributed by atoms with Gasteiger partial charge >= 0.3 is 12.1 Å². The molecule has 2 heterocycles. The van der Waals surface area contributed by atoms with Crippen molar-refractivity contribution in [3.63, 3.8) is 0 Å². The summed E-state index contributed by atoms with van der Waals surface area (Å²) >= 11 is 6.22. The van der Waals surface area contributed by atoms with Gasteiger partial charge in [0.05, 0.1) is 29.7 Å². The van der Waals surface area contributed by atoms with Gasteiger partial charge in [0.1, 0.15) is 0 Å². The maximum absolute atomic E-state index is 12.6. The normalized spacial score (nSPS) is 22.0. The molecular formula is C26H29ClN4O4. The van der Waals surface area contributed by atoms with Crippen molar-refractivity contribution < 1.29 is 19.4 Å². The second kappa shape index (κ2) is 9.41. The molecule has 35 heavy (non-hydrogen) atoms. The van der Waals surface area contributed by atoms with Crippen LogP contribution in [0.5, 0.6) is 0 Å². The first-order valence-corrected chi connectivity index (χ1v) is 12.4. The van der Waals surface area contributed by atoms with Gasteiger partial charge in [-0.3, -0.25) is 9.69 Å². The summed E-state index contributed by atoms with van der Waals surface area (Å²) in [5, 5.41) is 13.5. The van der Waals surface area contributed by atoms with Crippen LogP contribution < -0.4 is 10.2 Å². The number of hydrogen-bond acceptors (Lipinski definition) is 5. The van der Waals surface area contributed by atoms with Gasteiger partial charge in [-0.05, 0) is 75.8 Å². The van der Waals surface area contributed by atoms with Gasteiger partial charge in [0.15, 0.2) is 0 Å². The number of fused-ring (bicyclic) bond motifs is 3. The Labute approximate surface area is 208 Å². The number of carboxylic acid groups (broad SMARTS) is 1. The second-order valence-corrected chi connectivity index (χ2v) is 9.88. The Balaban J connectivity index is 1.62. The van der Waals surface area contributed by atoms with Gasteiger partial charge in [0.25, 0.3) is 0 Å². The number of rotatable bonds is 4. The van der Waals surface area contributed by atoms with E-state index in [0.29, 0.717) is 23.8 Å². The first kappa shape index (κ1) is 23.5. The van der Waals surface area contributed by atoms with Crippen molar-refractivity contribution in [3.05, 3.63) is 47.0 Å². The van der Waals surface area contributed by atoms with Crippen molar-refractivity contribution >= 4 is 52.0 Å². The number of aryl methyl sites for hydroxylation is 1. The third-order valence-corrected chi connectivity index (χ3v) is 7.55. The average molecular weight is 497 g/mol. The standard InChI is InChI=1S/C26H29ClN4O4/c1-15-6-11-20-21(30(15)26(34)35-2)12-13-22-23(20)29-25(28-18-5-3-4-17(27)14-18)31(22)19-9-7-16(8-10-19)24(32)33/h3-5,12-16,19H,6-11H2,1-2H3,(H,28,29)(H,32,33)/t15-,16-,19-/m0/s1. The van der Waals surface area contributed by atoms with E-state index in [1.165, 1.54) is 7.11 Å². The number of hydrogen-bond donors (Lipinski definition) is 2. The fourth-order valence-electron chi connectivity index (χ4n) is 5.51. The van der Waals surface area contributed by atoms with Crippen LogP contribution in [0, 0.1) is 5.92 Å². The third-order valence-electron chi connectivity index (χ3n) is 7.32. The van der Waals surface area contributed by atoms with E-state index in [9.17, 15) is 14.7 Å². The van der Waals surface area contributed by atoms with Crippen LogP contribution in [-0.2, 0) is 16.0 Å². The first-order chi connectivity index (χ1) is 16.9. The summed E-state index contributed by atoms with van der Waals surface area (Å²) in [7, 11) is 1.40. The van der Waals surface area contributed by atoms with Crippen LogP contribution in [-0.4, -0.2) is 39.9 Å². The molecule has 1 atom stereocenters. The number of nitrogens with one attached hydrogen (secondary N) is 1. The fraction of sp³-hybridized carbons (Fsp3) is 0.423. The summed E-state index contributed by atoms with van der Waals surface area (Å²) in [6, 6.07) is 11.6. The number of methoxy groups -OCH3 is 1. The Morgan fingerprint density at radius 2 is 1.91 bits per heavy atom. The number of amides is 1. The number of anilines is 3. The Morgan fingerprint density at radius 1 is 1.14 bits per heavy atom. The lowest BCUT2D eigenvalue weighted by Crippen LogP contribution is -2.42. The molecular weight excluding hydrogens is 468 g/mol. The maximum Gasteiger partial charge on any atom is 0.414 e. The van der Waals surface area contributed by atoms with Crippen LogP contribution in [0.4, 0.5) is 22.1 Å². The van der Waals surface area contributed by atoms with E-state index in [0.717, 1.165) is 53.7 Å². The maximum atomic E-state index is 12.6. The lowest BCUT2D eigenvalue weighted by atomic mass is 9.86. The largest absolute Gasteiger partial charge is 0.481 e. The Kier molecular flexibility index (Phi) is 6.32. The minimum absolute atomic E-state index is 0.0323. The van der Waals surface area contributed by atoms with Gasteiger partial charge in [0.2, 0.25) is 5.95 Å². The molecule has 2 N–H and O–H groups in total. The fourth-order valence-corrected chi connectivity index (χ4v) is 5.70. The molecule has 5 rings (SSSR count). The van der Waals surface area contributed by atoms with E-state index in [-0.39, 0.29) is 24.1 Å². The SMILES string of the molecule is COC(=O)N1c2ccc3c(nc(Nc4cccc(Cl)c4)n3[C@H]3CC[C@H](C(=O)O)CC3)c2CC[C@@H]1C. The minimum Gasteiger partial charge on any atom is -0.481 e. The van der Waals surface area contributed by atoms with Crippen LogP contribution in [0.1, 0.15) is 50.6 Å². The highest BCUT2D eigenvalue weighted by Gasteiger charge is 2.33. The van der Waals surface area contributed by atoms with Crippen molar-refractivity contribution in [2.24, 2.45) is 5.92 Å². The number of imidazole rings is 1. The molecule has 0 spiro atoms. The summed E-state index contributed by atoms with van der Waals surface area (Å²) in [5.41, 5.74) is 4.52. The first-order valence-electron chi connectivity index (χ1n) is 12.0. The molecule has 0 unspecified atom stereocenters. The van der Waals surface area contributed by atoms with Crippen LogP contribution in [0.2, 0.25) is 5.02 Å². The highest BCUT2D eigenvalue weighted by atomic mass is 35.5. The predicted molar refractivity (Wildman–Crippen MR) is 136 cm³/mol. The molecule has 1 aromatic heterocycles. The topological polar surface area (TPSA) is 96.7 Å². The van der Waals surface area contributed by atoms with E-state index >= 15 is 0 Å². The molecule has 1 aliphatic heterocycles. The smallest absolute Gasteiger partial charge is 0.414 e. The van der Waals surface area contributed by atoms with E-state index in [1.807, 2.05) is 43.3 Å². The van der Waals surface area contributed by atoms with Gasteiger partial charge in [-0.15, -0.1) is 0 Å². The van der Waals surface area contributed by atoms with Gasteiger partial charge in [-0.1, -0.05) is 17.7 Å². The predicted octanol–water partition coefficient (Wildman–Crippen LogP) is 6.16. The van der Waals surface area contributed by atoms with Crippen LogP contribution >= 0.6 is 11.6 Å². The summed E-state index contributed by atoms with van der Waals surface area (Å²) in [6.07, 6.45) is 4.03. The summed E-state index contributed by atoms with van der Waals surface area (Å²) < 4.78 is 7.26. The molecule has 0 radical (unpaired) electrons. The van der Waals surface area contributed by atoms with Crippen molar-refractivity contribution in [2.75, 3.05) is 17.3 Å². The zero-order valence-electron chi connectivity index (χ0n) is 19.8. The highest BCUT2D eigenvalue weighted by molar-refractivity contribution is 6.30. The molecule has 0 bridgehead atoms. The number of nitrogens with zero attached hydrogens (tertiary/aromatic N) is 3. The zero-order valence-corrected chi connectivity index (χ0v) is 20.6. The number of carbonyl (C=O) groups excluding carboxylic acids is 1. The Hall–Kier alpha value is -3.26. The number of ether oxygens (including phenoxy) is 1. The van der Waals surface area contributed by atoms with Gasteiger partial charge in [-0.2, -0.15) is 0 Å². The van der Waals surface area contributed by atoms with Crippen LogP contribution in [0.3, 0.4) is 0 Å². The lowest BCUT2D eigenvalue weighted by Gasteiger charge is -2.34. The molecule has 1 aliphatic carbocycles. The monoisotopic (exact) mass is 496 g/mol. The summed E-state index contributed by atoms with van der Waals surface area (Å²) in [6.45, 7) is 2.02. The molecule has 1 fully saturated rings. The molecule has 3 aromatic rings. The molecule has 9 heteroatoms. The molecule has 184 valence electrons. The zero-order chi connectivity index (χ0) is 24.7. The molecule has 2 aliphatic rings. The molecule has 0 saturated heterocycles. The molecule has 1 saturated carbocycles. The van der Waals surface area contributed by atoms with Crippen molar-refractivity contribution in [2.45, 2.75) is 57.5 Å². The second-order valence-electron chi connectivity index (χ2n) is 9.44. The number of aliphatic carboxylic acids is 1. The van der Waals surface area contributed by atoms with Gasteiger partial charge in [-0.25, -0.2) is 9.78 Å². The van der Waals surface area contributed by atoms with E-state index in [4.69, 9.17) is 21.3 Å². The Bertz CT molecular complexity index is 1280. The van der Waals surface area contributed by atoms with Gasteiger partial charge in [0, 0.05) is 28.4 Å². The van der Waals surface area contributed by atoms with Crippen LogP contribution in [0.15, 0.2) is 36.4 Å². The summed E-state index contributed by atoms with van der Waals surface area (Å²) in [4.78, 5) is 30.8. The highest BCUT2D eigenvalue weighted by Crippen LogP contribution is 2.42. The molecule has 2 aromatic carbocycles. The number of aromatic nitrogens is 2. The number of carboxylic acids is 1.